The minimum Gasteiger partial charge on any atom is -0.462 e. The molecule has 2 heterocycles. The van der Waals surface area contributed by atoms with Gasteiger partial charge >= 0.3 is 5.97 Å². The zero-order chi connectivity index (χ0) is 13.5. The molecule has 0 saturated carbocycles. The van der Waals surface area contributed by atoms with Crippen molar-refractivity contribution in [3.63, 3.8) is 0 Å². The molecule has 1 aliphatic rings. The van der Waals surface area contributed by atoms with Crippen molar-refractivity contribution in [2.75, 3.05) is 25.0 Å². The van der Waals surface area contributed by atoms with Crippen molar-refractivity contribution in [3.8, 4) is 0 Å². The fourth-order valence-electron chi connectivity index (χ4n) is 2.23. The third-order valence-corrected chi connectivity index (χ3v) is 3.19. The molecular formula is C14H21N3O2. The van der Waals surface area contributed by atoms with E-state index in [0.29, 0.717) is 24.0 Å². The van der Waals surface area contributed by atoms with Crippen LogP contribution in [0.5, 0.6) is 0 Å². The third-order valence-electron chi connectivity index (χ3n) is 3.19. The van der Waals surface area contributed by atoms with Crippen LogP contribution in [0.15, 0.2) is 18.3 Å². The van der Waals surface area contributed by atoms with Crippen LogP contribution in [-0.4, -0.2) is 36.7 Å². The molecule has 0 amide bonds. The predicted octanol–water partition coefficient (Wildman–Crippen LogP) is 1.81. The number of hydrogen-bond acceptors (Lipinski definition) is 5. The number of nitrogens with zero attached hydrogens (tertiary/aromatic N) is 1. The van der Waals surface area contributed by atoms with Crippen LogP contribution in [0.3, 0.4) is 0 Å². The molecule has 0 radical (unpaired) electrons. The minimum absolute atomic E-state index is 0.311. The molecule has 1 fully saturated rings. The summed E-state index contributed by atoms with van der Waals surface area (Å²) in [4.78, 5) is 16.1. The molecule has 0 aromatic carbocycles. The van der Waals surface area contributed by atoms with Crippen LogP contribution in [0.4, 0.5) is 5.82 Å². The maximum atomic E-state index is 11.9. The molecule has 2 N–H and O–H groups in total. The second-order valence-corrected chi connectivity index (χ2v) is 4.66. The largest absolute Gasteiger partial charge is 0.462 e. The molecule has 5 heteroatoms. The van der Waals surface area contributed by atoms with Crippen LogP contribution in [0.1, 0.15) is 36.5 Å². The van der Waals surface area contributed by atoms with Gasteiger partial charge in [-0.2, -0.15) is 0 Å². The number of anilines is 1. The summed E-state index contributed by atoms with van der Waals surface area (Å²) in [7, 11) is 0. The summed E-state index contributed by atoms with van der Waals surface area (Å²) in [6.45, 7) is 4.14. The van der Waals surface area contributed by atoms with Gasteiger partial charge in [-0.15, -0.1) is 0 Å². The summed E-state index contributed by atoms with van der Waals surface area (Å²) in [5, 5.41) is 6.74. The highest BCUT2D eigenvalue weighted by Gasteiger charge is 2.17. The smallest absolute Gasteiger partial charge is 0.341 e. The summed E-state index contributed by atoms with van der Waals surface area (Å²) >= 11 is 0. The minimum atomic E-state index is -0.320. The van der Waals surface area contributed by atoms with E-state index >= 15 is 0 Å². The first-order valence-electron chi connectivity index (χ1n) is 6.90. The van der Waals surface area contributed by atoms with E-state index in [0.717, 1.165) is 19.5 Å². The Balaban J connectivity index is 2.08. The molecule has 0 aliphatic carbocycles. The van der Waals surface area contributed by atoms with E-state index in [-0.39, 0.29) is 5.97 Å². The van der Waals surface area contributed by atoms with Crippen LogP contribution >= 0.6 is 0 Å². The zero-order valence-electron chi connectivity index (χ0n) is 11.3. The maximum absolute atomic E-state index is 11.9. The lowest BCUT2D eigenvalue weighted by molar-refractivity contribution is 0.0527. The normalized spacial score (nSPS) is 19.5. The van der Waals surface area contributed by atoms with Crippen molar-refractivity contribution in [1.82, 2.24) is 10.3 Å². The van der Waals surface area contributed by atoms with E-state index in [1.165, 1.54) is 12.8 Å². The molecule has 19 heavy (non-hydrogen) atoms. The van der Waals surface area contributed by atoms with Crippen molar-refractivity contribution in [2.24, 2.45) is 0 Å². The summed E-state index contributed by atoms with van der Waals surface area (Å²) in [5.41, 5.74) is 0.508. The van der Waals surface area contributed by atoms with Crippen LogP contribution < -0.4 is 10.6 Å². The molecule has 1 aliphatic heterocycles. The van der Waals surface area contributed by atoms with Crippen molar-refractivity contribution in [1.29, 1.82) is 0 Å². The van der Waals surface area contributed by atoms with Gasteiger partial charge in [-0.05, 0) is 38.4 Å². The van der Waals surface area contributed by atoms with Crippen molar-refractivity contribution < 1.29 is 9.53 Å². The molecule has 2 rings (SSSR count). The van der Waals surface area contributed by atoms with Crippen LogP contribution in [-0.2, 0) is 4.74 Å². The number of pyridine rings is 1. The lowest BCUT2D eigenvalue weighted by atomic mass is 10.1. The Morgan fingerprint density at radius 1 is 1.58 bits per heavy atom. The lowest BCUT2D eigenvalue weighted by Crippen LogP contribution is -2.32. The Morgan fingerprint density at radius 3 is 3.32 bits per heavy atom. The van der Waals surface area contributed by atoms with Crippen LogP contribution in [0.25, 0.3) is 0 Å². The highest BCUT2D eigenvalue weighted by atomic mass is 16.5. The predicted molar refractivity (Wildman–Crippen MR) is 74.3 cm³/mol. The standard InChI is InChI=1S/C14H21N3O2/c1-2-19-14(18)12-7-5-9-16-13(12)17-11-6-3-4-8-15-10-11/h5,7,9,11,15H,2-4,6,8,10H2,1H3,(H,16,17). The van der Waals surface area contributed by atoms with Gasteiger partial charge in [0.1, 0.15) is 11.4 Å². The Kier molecular flexibility index (Phi) is 5.15. The Morgan fingerprint density at radius 2 is 2.47 bits per heavy atom. The van der Waals surface area contributed by atoms with Crippen molar-refractivity contribution >= 4 is 11.8 Å². The highest BCUT2D eigenvalue weighted by Crippen LogP contribution is 2.16. The van der Waals surface area contributed by atoms with E-state index < -0.39 is 0 Å². The first-order valence-corrected chi connectivity index (χ1v) is 6.90. The molecule has 0 spiro atoms. The fourth-order valence-corrected chi connectivity index (χ4v) is 2.23. The number of rotatable bonds is 4. The van der Waals surface area contributed by atoms with E-state index in [1.807, 2.05) is 0 Å². The molecular weight excluding hydrogens is 242 g/mol. The second-order valence-electron chi connectivity index (χ2n) is 4.66. The lowest BCUT2D eigenvalue weighted by Gasteiger charge is -2.18. The molecule has 1 atom stereocenters. The van der Waals surface area contributed by atoms with Crippen molar-refractivity contribution in [2.45, 2.75) is 32.2 Å². The van der Waals surface area contributed by atoms with Gasteiger partial charge in [0.2, 0.25) is 0 Å². The number of carbonyl (C=O) groups is 1. The molecule has 1 aromatic rings. The van der Waals surface area contributed by atoms with Gasteiger partial charge < -0.3 is 15.4 Å². The maximum Gasteiger partial charge on any atom is 0.341 e. The second kappa shape index (κ2) is 7.09. The molecule has 1 saturated heterocycles. The van der Waals surface area contributed by atoms with Gasteiger partial charge in [-0.1, -0.05) is 6.42 Å². The average Bonchev–Trinajstić information content (AvgIpc) is 2.68. The number of hydrogen-bond donors (Lipinski definition) is 2. The van der Waals surface area contributed by atoms with E-state index in [9.17, 15) is 4.79 Å². The number of aromatic nitrogens is 1. The fraction of sp³-hybridized carbons (Fsp3) is 0.571. The Hall–Kier alpha value is -1.62. The highest BCUT2D eigenvalue weighted by molar-refractivity contribution is 5.94. The first-order chi connectivity index (χ1) is 9.31. The van der Waals surface area contributed by atoms with Gasteiger partial charge in [0, 0.05) is 18.8 Å². The van der Waals surface area contributed by atoms with E-state index in [2.05, 4.69) is 15.6 Å². The van der Waals surface area contributed by atoms with E-state index in [4.69, 9.17) is 4.74 Å². The van der Waals surface area contributed by atoms with Gasteiger partial charge in [-0.25, -0.2) is 9.78 Å². The number of ether oxygens (including phenoxy) is 1. The summed E-state index contributed by atoms with van der Waals surface area (Å²) in [5.74, 6) is 0.300. The first kappa shape index (κ1) is 13.8. The van der Waals surface area contributed by atoms with Gasteiger partial charge in [0.15, 0.2) is 0 Å². The molecule has 1 aromatic heterocycles. The van der Waals surface area contributed by atoms with E-state index in [1.54, 1.807) is 25.3 Å². The zero-order valence-corrected chi connectivity index (χ0v) is 11.3. The summed E-state index contributed by atoms with van der Waals surface area (Å²) in [6, 6.07) is 3.81. The van der Waals surface area contributed by atoms with Crippen molar-refractivity contribution in [3.05, 3.63) is 23.9 Å². The molecule has 5 nitrogen and oxygen atoms in total. The molecule has 104 valence electrons. The molecule has 1 unspecified atom stereocenters. The van der Waals surface area contributed by atoms with Crippen LogP contribution in [0.2, 0.25) is 0 Å². The third kappa shape index (κ3) is 3.92. The molecule has 0 bridgehead atoms. The summed E-state index contributed by atoms with van der Waals surface area (Å²) in [6.07, 6.45) is 5.17. The number of nitrogens with one attached hydrogen (secondary N) is 2. The summed E-state index contributed by atoms with van der Waals surface area (Å²) < 4.78 is 5.05. The number of carbonyl (C=O) groups excluding carboxylic acids is 1. The Bertz CT molecular complexity index is 415. The topological polar surface area (TPSA) is 63.2 Å². The SMILES string of the molecule is CCOC(=O)c1cccnc1NC1CCCCNC1. The average molecular weight is 263 g/mol. The monoisotopic (exact) mass is 263 g/mol. The number of esters is 1. The Labute approximate surface area is 113 Å². The van der Waals surface area contributed by atoms with Gasteiger partial charge in [0.25, 0.3) is 0 Å². The van der Waals surface area contributed by atoms with Gasteiger partial charge in [-0.3, -0.25) is 0 Å². The van der Waals surface area contributed by atoms with Crippen LogP contribution in [0, 0.1) is 0 Å². The quantitative estimate of drug-likeness (QED) is 0.811. The van der Waals surface area contributed by atoms with Gasteiger partial charge in [0.05, 0.1) is 6.61 Å².